The zero-order valence-corrected chi connectivity index (χ0v) is 9.91. The second kappa shape index (κ2) is 4.21. The Labute approximate surface area is 98.3 Å². The summed E-state index contributed by atoms with van der Waals surface area (Å²) in [6, 6.07) is 11.2. The first kappa shape index (κ1) is 10.3. The second-order valence-electron chi connectivity index (χ2n) is 5.58. The molecule has 3 rings (SSSR count). The van der Waals surface area contributed by atoms with Gasteiger partial charge in [0.2, 0.25) is 0 Å². The average Bonchev–Trinajstić information content (AvgIpc) is 2.75. The van der Waals surface area contributed by atoms with Gasteiger partial charge in [-0.1, -0.05) is 43.2 Å². The Hall–Kier alpha value is -0.820. The lowest BCUT2D eigenvalue weighted by molar-refractivity contribution is 0.246. The maximum atomic E-state index is 3.40. The van der Waals surface area contributed by atoms with E-state index in [1.54, 1.807) is 5.56 Å². The van der Waals surface area contributed by atoms with E-state index in [0.29, 0.717) is 5.41 Å². The monoisotopic (exact) mass is 215 g/mol. The van der Waals surface area contributed by atoms with Gasteiger partial charge in [-0.3, -0.25) is 0 Å². The van der Waals surface area contributed by atoms with E-state index >= 15 is 0 Å². The van der Waals surface area contributed by atoms with Gasteiger partial charge in [0.1, 0.15) is 0 Å². The van der Waals surface area contributed by atoms with Gasteiger partial charge in [-0.2, -0.15) is 0 Å². The molecule has 0 radical (unpaired) electrons. The Morgan fingerprint density at radius 3 is 2.31 bits per heavy atom. The zero-order chi connectivity index (χ0) is 10.8. The third-order valence-electron chi connectivity index (χ3n) is 4.49. The molecule has 16 heavy (non-hydrogen) atoms. The van der Waals surface area contributed by atoms with Crippen LogP contribution in [0.5, 0.6) is 0 Å². The summed E-state index contributed by atoms with van der Waals surface area (Å²) in [4.78, 5) is 0. The molecular formula is C15H21N. The highest BCUT2D eigenvalue weighted by Crippen LogP contribution is 2.45. The fraction of sp³-hybridized carbons (Fsp3) is 0.600. The van der Waals surface area contributed by atoms with Gasteiger partial charge in [-0.25, -0.2) is 0 Å². The van der Waals surface area contributed by atoms with Crippen LogP contribution in [0.3, 0.4) is 0 Å². The largest absolute Gasteiger partial charge is 0.316 e. The van der Waals surface area contributed by atoms with Crippen LogP contribution in [0.4, 0.5) is 0 Å². The molecule has 1 aliphatic heterocycles. The van der Waals surface area contributed by atoms with Crippen molar-refractivity contribution in [3.8, 4) is 0 Å². The van der Waals surface area contributed by atoms with Gasteiger partial charge in [0, 0.05) is 0 Å². The van der Waals surface area contributed by atoms with E-state index < -0.39 is 0 Å². The molecule has 0 aromatic heterocycles. The van der Waals surface area contributed by atoms with Gasteiger partial charge < -0.3 is 5.32 Å². The number of rotatable bonds is 3. The fourth-order valence-electron chi connectivity index (χ4n) is 3.50. The normalized spacial score (nSPS) is 24.2. The van der Waals surface area contributed by atoms with Gasteiger partial charge in [0.05, 0.1) is 0 Å². The van der Waals surface area contributed by atoms with Gasteiger partial charge in [0.15, 0.2) is 0 Å². The third kappa shape index (κ3) is 1.78. The summed E-state index contributed by atoms with van der Waals surface area (Å²) in [5.74, 6) is 0.929. The van der Waals surface area contributed by atoms with Gasteiger partial charge >= 0.3 is 0 Å². The van der Waals surface area contributed by atoms with Crippen LogP contribution in [0, 0.1) is 5.92 Å². The third-order valence-corrected chi connectivity index (χ3v) is 4.49. The molecule has 0 atom stereocenters. The molecule has 1 aliphatic carbocycles. The molecule has 1 aromatic rings. The van der Waals surface area contributed by atoms with Crippen molar-refractivity contribution in [2.75, 3.05) is 13.1 Å². The lowest BCUT2D eigenvalue weighted by Gasteiger charge is -2.38. The number of hydrogen-bond donors (Lipinski definition) is 1. The Balaban J connectivity index is 1.84. The minimum atomic E-state index is 0.522. The quantitative estimate of drug-likeness (QED) is 0.817. The van der Waals surface area contributed by atoms with Crippen molar-refractivity contribution in [3.05, 3.63) is 35.9 Å². The van der Waals surface area contributed by atoms with Crippen molar-refractivity contribution < 1.29 is 0 Å². The molecule has 2 fully saturated rings. The van der Waals surface area contributed by atoms with Crippen LogP contribution >= 0.6 is 0 Å². The standard InChI is InChI=1S/C15H21N/c1-2-6-14(7-3-1)15(8-4-5-9-15)10-13-11-16-12-13/h1-3,6-7,13,16H,4-5,8-12H2. The Morgan fingerprint density at radius 1 is 1.06 bits per heavy atom. The minimum absolute atomic E-state index is 0.522. The summed E-state index contributed by atoms with van der Waals surface area (Å²) in [6.07, 6.45) is 7.08. The maximum absolute atomic E-state index is 3.40. The van der Waals surface area contributed by atoms with E-state index in [1.807, 2.05) is 0 Å². The molecule has 0 amide bonds. The van der Waals surface area contributed by atoms with Crippen LogP contribution in [0.15, 0.2) is 30.3 Å². The van der Waals surface area contributed by atoms with Crippen LogP contribution in [0.25, 0.3) is 0 Å². The van der Waals surface area contributed by atoms with E-state index in [-0.39, 0.29) is 0 Å². The van der Waals surface area contributed by atoms with Crippen molar-refractivity contribution in [2.24, 2.45) is 5.92 Å². The summed E-state index contributed by atoms with van der Waals surface area (Å²) < 4.78 is 0. The van der Waals surface area contributed by atoms with E-state index in [0.717, 1.165) is 5.92 Å². The lowest BCUT2D eigenvalue weighted by atomic mass is 9.71. The summed E-state index contributed by atoms with van der Waals surface area (Å²) in [6.45, 7) is 2.49. The molecule has 0 bridgehead atoms. The summed E-state index contributed by atoms with van der Waals surface area (Å²) in [5.41, 5.74) is 2.12. The molecule has 2 aliphatic rings. The highest BCUT2D eigenvalue weighted by molar-refractivity contribution is 5.27. The Kier molecular flexibility index (Phi) is 2.72. The maximum Gasteiger partial charge on any atom is -0.000793 e. The van der Waals surface area contributed by atoms with Crippen LogP contribution in [-0.4, -0.2) is 13.1 Å². The molecule has 86 valence electrons. The van der Waals surface area contributed by atoms with Crippen LogP contribution in [0.2, 0.25) is 0 Å². The lowest BCUT2D eigenvalue weighted by Crippen LogP contribution is -2.45. The van der Waals surface area contributed by atoms with Crippen LogP contribution in [0.1, 0.15) is 37.7 Å². The molecule has 1 N–H and O–H groups in total. The Morgan fingerprint density at radius 2 is 1.75 bits per heavy atom. The molecular weight excluding hydrogens is 194 g/mol. The van der Waals surface area contributed by atoms with Crippen molar-refractivity contribution in [3.63, 3.8) is 0 Å². The van der Waals surface area contributed by atoms with Crippen molar-refractivity contribution in [2.45, 2.75) is 37.5 Å². The zero-order valence-electron chi connectivity index (χ0n) is 9.91. The molecule has 1 saturated heterocycles. The number of nitrogens with one attached hydrogen (secondary N) is 1. The summed E-state index contributed by atoms with van der Waals surface area (Å²) in [5, 5.41) is 3.40. The number of benzene rings is 1. The van der Waals surface area contributed by atoms with Gasteiger partial charge in [-0.05, 0) is 49.2 Å². The van der Waals surface area contributed by atoms with Crippen molar-refractivity contribution in [1.29, 1.82) is 0 Å². The van der Waals surface area contributed by atoms with Crippen molar-refractivity contribution in [1.82, 2.24) is 5.32 Å². The highest BCUT2D eigenvalue weighted by atomic mass is 14.9. The molecule has 1 saturated carbocycles. The van der Waals surface area contributed by atoms with Gasteiger partial charge in [0.25, 0.3) is 0 Å². The molecule has 0 unspecified atom stereocenters. The number of hydrogen-bond acceptors (Lipinski definition) is 1. The Bertz CT molecular complexity index is 334. The molecule has 1 heterocycles. The summed E-state index contributed by atoms with van der Waals surface area (Å²) >= 11 is 0. The highest BCUT2D eigenvalue weighted by Gasteiger charge is 2.38. The smallest absolute Gasteiger partial charge is 0.000793 e. The van der Waals surface area contributed by atoms with E-state index in [9.17, 15) is 0 Å². The van der Waals surface area contributed by atoms with Crippen LogP contribution in [-0.2, 0) is 5.41 Å². The second-order valence-corrected chi connectivity index (χ2v) is 5.58. The molecule has 1 nitrogen and oxygen atoms in total. The molecule has 1 heteroatoms. The topological polar surface area (TPSA) is 12.0 Å². The van der Waals surface area contributed by atoms with E-state index in [1.165, 1.54) is 45.2 Å². The summed E-state index contributed by atoms with van der Waals surface area (Å²) in [7, 11) is 0. The average molecular weight is 215 g/mol. The van der Waals surface area contributed by atoms with Crippen molar-refractivity contribution >= 4 is 0 Å². The first-order valence-corrected chi connectivity index (χ1v) is 6.65. The molecule has 1 aromatic carbocycles. The van der Waals surface area contributed by atoms with E-state index in [2.05, 4.69) is 35.6 Å². The predicted molar refractivity (Wildman–Crippen MR) is 67.6 cm³/mol. The minimum Gasteiger partial charge on any atom is -0.316 e. The first-order valence-electron chi connectivity index (χ1n) is 6.65. The first-order chi connectivity index (χ1) is 7.89. The predicted octanol–water partition coefficient (Wildman–Crippen LogP) is 3.11. The fourth-order valence-corrected chi connectivity index (χ4v) is 3.50. The molecule has 0 spiro atoms. The van der Waals surface area contributed by atoms with Crippen LogP contribution < -0.4 is 5.32 Å². The van der Waals surface area contributed by atoms with Gasteiger partial charge in [-0.15, -0.1) is 0 Å². The van der Waals surface area contributed by atoms with E-state index in [4.69, 9.17) is 0 Å². The SMILES string of the molecule is c1ccc(C2(CC3CNC3)CCCC2)cc1.